The van der Waals surface area contributed by atoms with Crippen LogP contribution in [0.15, 0.2) is 48.2 Å². The Hall–Kier alpha value is -2.66. The lowest BCUT2D eigenvalue weighted by Crippen LogP contribution is -2.41. The number of ether oxygens (including phenoxy) is 1. The first-order valence-electron chi connectivity index (χ1n) is 11.3. The molecule has 1 aromatic heterocycles. The minimum absolute atomic E-state index is 0.0218. The molecule has 3 fully saturated rings. The Bertz CT molecular complexity index is 1190. The van der Waals surface area contributed by atoms with E-state index in [2.05, 4.69) is 11.9 Å². The lowest BCUT2D eigenvalue weighted by Gasteiger charge is -2.44. The maximum atomic E-state index is 13.5. The van der Waals surface area contributed by atoms with E-state index in [0.717, 1.165) is 53.4 Å². The highest BCUT2D eigenvalue weighted by Crippen LogP contribution is 2.57. The standard InChI is InChI=1S/C26H25NO3S/c1-2-14-11-12-17(30-26-27-19-5-3-4-6-20(19)31-26)13-18(14)23-24(28)21-15-7-8-16(10-9-15)22(21)25(23)29/h3-6,11-13,15-16,21-22,28H,2,7-10H2,1H3. The van der Waals surface area contributed by atoms with E-state index >= 15 is 0 Å². The van der Waals surface area contributed by atoms with Crippen molar-refractivity contribution >= 4 is 32.9 Å². The summed E-state index contributed by atoms with van der Waals surface area (Å²) in [4.78, 5) is 18.1. The number of thiazole rings is 1. The summed E-state index contributed by atoms with van der Waals surface area (Å²) >= 11 is 1.50. The summed E-state index contributed by atoms with van der Waals surface area (Å²) in [6.07, 6.45) is 5.32. The molecule has 2 unspecified atom stereocenters. The second-order valence-corrected chi connectivity index (χ2v) is 10.1. The topological polar surface area (TPSA) is 59.4 Å². The zero-order chi connectivity index (χ0) is 21.1. The van der Waals surface area contributed by atoms with E-state index in [0.29, 0.717) is 34.1 Å². The molecule has 31 heavy (non-hydrogen) atoms. The average molecular weight is 432 g/mol. The number of aliphatic hydroxyl groups is 1. The molecule has 7 rings (SSSR count). The molecule has 0 aliphatic heterocycles. The Morgan fingerprint density at radius 1 is 1.06 bits per heavy atom. The van der Waals surface area contributed by atoms with E-state index in [1.165, 1.54) is 11.3 Å². The zero-order valence-corrected chi connectivity index (χ0v) is 18.3. The van der Waals surface area contributed by atoms with Crippen LogP contribution in [0.5, 0.6) is 10.9 Å². The van der Waals surface area contributed by atoms with Gasteiger partial charge in [0.05, 0.1) is 15.8 Å². The van der Waals surface area contributed by atoms with Crippen LogP contribution in [0.2, 0.25) is 0 Å². The van der Waals surface area contributed by atoms with Gasteiger partial charge in [-0.1, -0.05) is 36.5 Å². The van der Waals surface area contributed by atoms with Crippen molar-refractivity contribution in [2.24, 2.45) is 23.7 Å². The van der Waals surface area contributed by atoms with Gasteiger partial charge in [0.2, 0.25) is 0 Å². The highest BCUT2D eigenvalue weighted by Gasteiger charge is 2.54. The van der Waals surface area contributed by atoms with Gasteiger partial charge < -0.3 is 9.84 Å². The zero-order valence-electron chi connectivity index (χ0n) is 17.5. The fraction of sp³-hybridized carbons (Fsp3) is 0.385. The highest BCUT2D eigenvalue weighted by molar-refractivity contribution is 7.20. The van der Waals surface area contributed by atoms with Crippen molar-refractivity contribution in [3.8, 4) is 10.9 Å². The number of para-hydroxylation sites is 1. The van der Waals surface area contributed by atoms with Gasteiger partial charge in [0, 0.05) is 11.8 Å². The van der Waals surface area contributed by atoms with E-state index in [9.17, 15) is 9.90 Å². The number of hydrogen-bond donors (Lipinski definition) is 1. The molecule has 3 aromatic rings. The number of aliphatic hydroxyl groups excluding tert-OH is 1. The lowest BCUT2D eigenvalue weighted by molar-refractivity contribution is -0.123. The molecule has 2 aromatic carbocycles. The van der Waals surface area contributed by atoms with Gasteiger partial charge in [-0.15, -0.1) is 0 Å². The van der Waals surface area contributed by atoms with Crippen molar-refractivity contribution in [3.05, 3.63) is 59.4 Å². The molecule has 4 aliphatic rings. The van der Waals surface area contributed by atoms with Crippen LogP contribution >= 0.6 is 11.3 Å². The Balaban J connectivity index is 1.39. The number of hydrogen-bond acceptors (Lipinski definition) is 5. The van der Waals surface area contributed by atoms with E-state index in [4.69, 9.17) is 4.74 Å². The second-order valence-electron chi connectivity index (χ2n) is 9.07. The number of ketones is 1. The SMILES string of the molecule is CCc1ccc(Oc2nc3ccccc3s2)cc1C1=C(O)C2C3CCC(CC3)C2C1=O. The summed E-state index contributed by atoms with van der Waals surface area (Å²) in [5.74, 6) is 1.99. The number of rotatable bonds is 4. The molecule has 5 heteroatoms. The quantitative estimate of drug-likeness (QED) is 0.508. The summed E-state index contributed by atoms with van der Waals surface area (Å²) < 4.78 is 7.18. The largest absolute Gasteiger partial charge is 0.511 e. The number of carbonyl (C=O) groups is 1. The Labute approximate surface area is 185 Å². The number of carbonyl (C=O) groups excluding carboxylic acids is 1. The summed E-state index contributed by atoms with van der Waals surface area (Å²) in [7, 11) is 0. The number of aryl methyl sites for hydroxylation is 1. The molecule has 1 N–H and O–H groups in total. The van der Waals surface area contributed by atoms with E-state index in [-0.39, 0.29) is 17.6 Å². The number of Topliss-reactive ketones (excluding diaryl/α,β-unsaturated/α-hetero) is 1. The van der Waals surface area contributed by atoms with E-state index in [1.807, 2.05) is 42.5 Å². The van der Waals surface area contributed by atoms with Crippen molar-refractivity contribution < 1.29 is 14.6 Å². The minimum Gasteiger partial charge on any atom is -0.511 e. The van der Waals surface area contributed by atoms with Crippen molar-refractivity contribution in [3.63, 3.8) is 0 Å². The van der Waals surface area contributed by atoms with Crippen LogP contribution in [0.1, 0.15) is 43.7 Å². The second kappa shape index (κ2) is 7.20. The summed E-state index contributed by atoms with van der Waals surface area (Å²) in [5, 5.41) is 11.8. The smallest absolute Gasteiger partial charge is 0.279 e. The third kappa shape index (κ3) is 2.93. The van der Waals surface area contributed by atoms with Crippen LogP contribution in [-0.4, -0.2) is 15.9 Å². The molecule has 2 bridgehead atoms. The summed E-state index contributed by atoms with van der Waals surface area (Å²) in [6, 6.07) is 13.8. The predicted molar refractivity (Wildman–Crippen MR) is 122 cm³/mol. The molecule has 4 nitrogen and oxygen atoms in total. The van der Waals surface area contributed by atoms with Gasteiger partial charge in [-0.2, -0.15) is 0 Å². The molecule has 3 saturated carbocycles. The van der Waals surface area contributed by atoms with Crippen molar-refractivity contribution in [2.75, 3.05) is 0 Å². The van der Waals surface area contributed by atoms with Crippen LogP contribution < -0.4 is 4.74 Å². The normalized spacial score (nSPS) is 27.2. The molecule has 2 atom stereocenters. The van der Waals surface area contributed by atoms with Gasteiger partial charge in [-0.25, -0.2) is 4.98 Å². The Morgan fingerprint density at radius 2 is 1.81 bits per heavy atom. The summed E-state index contributed by atoms with van der Waals surface area (Å²) in [5.41, 5.74) is 3.36. The van der Waals surface area contributed by atoms with Crippen LogP contribution in [-0.2, 0) is 11.2 Å². The van der Waals surface area contributed by atoms with Gasteiger partial charge in [0.15, 0.2) is 5.78 Å². The number of aromatic nitrogens is 1. The monoisotopic (exact) mass is 431 g/mol. The molecule has 0 amide bonds. The van der Waals surface area contributed by atoms with Crippen molar-refractivity contribution in [1.82, 2.24) is 4.98 Å². The fourth-order valence-corrected chi connectivity index (χ4v) is 6.94. The number of benzene rings is 2. The fourth-order valence-electron chi connectivity index (χ4n) is 6.11. The van der Waals surface area contributed by atoms with Gasteiger partial charge in [0.25, 0.3) is 5.19 Å². The third-order valence-corrected chi connectivity index (χ3v) is 8.47. The first-order valence-corrected chi connectivity index (χ1v) is 12.1. The van der Waals surface area contributed by atoms with Gasteiger partial charge >= 0.3 is 0 Å². The van der Waals surface area contributed by atoms with Gasteiger partial charge in [-0.05, 0) is 79.3 Å². The number of allylic oxidation sites excluding steroid dienone is 2. The van der Waals surface area contributed by atoms with E-state index < -0.39 is 0 Å². The molecule has 0 radical (unpaired) electrons. The van der Waals surface area contributed by atoms with E-state index in [1.54, 1.807) is 0 Å². The minimum atomic E-state index is -0.0268. The first kappa shape index (κ1) is 19.1. The maximum absolute atomic E-state index is 13.5. The highest BCUT2D eigenvalue weighted by atomic mass is 32.1. The third-order valence-electron chi connectivity index (χ3n) is 7.55. The van der Waals surface area contributed by atoms with Crippen LogP contribution in [0, 0.1) is 23.7 Å². The maximum Gasteiger partial charge on any atom is 0.279 e. The number of nitrogens with zero attached hydrogens (tertiary/aromatic N) is 1. The predicted octanol–water partition coefficient (Wildman–Crippen LogP) is 6.56. The Morgan fingerprint density at radius 3 is 2.52 bits per heavy atom. The van der Waals surface area contributed by atoms with Crippen LogP contribution in [0.25, 0.3) is 15.8 Å². The van der Waals surface area contributed by atoms with Gasteiger partial charge in [0.1, 0.15) is 11.5 Å². The number of fused-ring (bicyclic) bond motifs is 3. The average Bonchev–Trinajstić information content (AvgIpc) is 3.33. The van der Waals surface area contributed by atoms with Crippen molar-refractivity contribution in [2.45, 2.75) is 39.0 Å². The molecular formula is C26H25NO3S. The summed E-state index contributed by atoms with van der Waals surface area (Å²) in [6.45, 7) is 2.08. The molecule has 0 saturated heterocycles. The molecule has 1 heterocycles. The van der Waals surface area contributed by atoms with Crippen LogP contribution in [0.3, 0.4) is 0 Å². The van der Waals surface area contributed by atoms with Gasteiger partial charge in [-0.3, -0.25) is 4.79 Å². The molecule has 158 valence electrons. The first-order chi connectivity index (χ1) is 15.1. The van der Waals surface area contributed by atoms with Crippen molar-refractivity contribution in [1.29, 1.82) is 0 Å². The molecule has 0 spiro atoms. The Kier molecular flexibility index (Phi) is 4.42. The lowest BCUT2D eigenvalue weighted by atomic mass is 9.59. The molecular weight excluding hydrogens is 406 g/mol. The van der Waals surface area contributed by atoms with Crippen LogP contribution in [0.4, 0.5) is 0 Å². The molecule has 4 aliphatic carbocycles.